The molecule has 0 bridgehead atoms. The van der Waals surface area contributed by atoms with E-state index in [1.807, 2.05) is 19.2 Å². The maximum absolute atomic E-state index is 12.0. The summed E-state index contributed by atoms with van der Waals surface area (Å²) in [6.45, 7) is 5.80. The number of para-hydroxylation sites is 1. The van der Waals surface area contributed by atoms with Gasteiger partial charge in [0.05, 0.1) is 10.9 Å². The van der Waals surface area contributed by atoms with Gasteiger partial charge in [0.25, 0.3) is 0 Å². The molecule has 3 nitrogen and oxygen atoms in total. The highest BCUT2D eigenvalue weighted by Crippen LogP contribution is 2.48. The number of carboxylic acid groups (broad SMARTS) is 1. The Kier molecular flexibility index (Phi) is 5.22. The van der Waals surface area contributed by atoms with Crippen molar-refractivity contribution in [3.05, 3.63) is 54.7 Å². The zero-order chi connectivity index (χ0) is 17.9. The van der Waals surface area contributed by atoms with E-state index in [9.17, 15) is 9.90 Å². The van der Waals surface area contributed by atoms with Gasteiger partial charge in [0.15, 0.2) is 0 Å². The molecule has 0 saturated heterocycles. The summed E-state index contributed by atoms with van der Waals surface area (Å²) in [6.07, 6.45) is 8.93. The second-order valence-electron chi connectivity index (χ2n) is 7.27. The van der Waals surface area contributed by atoms with Crippen LogP contribution in [0.2, 0.25) is 0 Å². The Bertz CT molecular complexity index is 756. The minimum absolute atomic E-state index is 0.234. The predicted molar refractivity (Wildman–Crippen MR) is 102 cm³/mol. The van der Waals surface area contributed by atoms with Gasteiger partial charge in [-0.15, -0.1) is 6.58 Å². The van der Waals surface area contributed by atoms with Crippen LogP contribution in [0.4, 0.5) is 0 Å². The first-order valence-electron chi connectivity index (χ1n) is 9.30. The summed E-state index contributed by atoms with van der Waals surface area (Å²) in [7, 11) is 0. The lowest BCUT2D eigenvalue weighted by Crippen LogP contribution is -2.39. The highest BCUT2D eigenvalue weighted by molar-refractivity contribution is 5.82. The van der Waals surface area contributed by atoms with Crippen LogP contribution < -0.4 is 0 Å². The van der Waals surface area contributed by atoms with Crippen molar-refractivity contribution in [1.29, 1.82) is 0 Å². The number of pyridine rings is 1. The van der Waals surface area contributed by atoms with Gasteiger partial charge in [-0.2, -0.15) is 0 Å². The van der Waals surface area contributed by atoms with Crippen LogP contribution in [-0.4, -0.2) is 16.1 Å². The third-order valence-electron chi connectivity index (χ3n) is 6.20. The van der Waals surface area contributed by atoms with E-state index in [1.165, 1.54) is 10.9 Å². The van der Waals surface area contributed by atoms with Gasteiger partial charge in [0.2, 0.25) is 0 Å². The van der Waals surface area contributed by atoms with Gasteiger partial charge in [-0.05, 0) is 68.1 Å². The fraction of sp³-hybridized carbons (Fsp3) is 0.455. The van der Waals surface area contributed by atoms with Crippen molar-refractivity contribution < 1.29 is 9.90 Å². The molecule has 3 rings (SSSR count). The van der Waals surface area contributed by atoms with Gasteiger partial charge in [0, 0.05) is 11.6 Å². The number of nitrogens with zero attached hydrogens (tertiary/aromatic N) is 1. The Morgan fingerprint density at radius 2 is 2.00 bits per heavy atom. The van der Waals surface area contributed by atoms with Crippen LogP contribution in [-0.2, 0) is 4.79 Å². The molecule has 0 spiro atoms. The lowest BCUT2D eigenvalue weighted by molar-refractivity contribution is -0.154. The van der Waals surface area contributed by atoms with Gasteiger partial charge >= 0.3 is 5.97 Å². The largest absolute Gasteiger partial charge is 0.481 e. The second-order valence-corrected chi connectivity index (χ2v) is 7.27. The number of aliphatic carboxylic acids is 1. The quantitative estimate of drug-likeness (QED) is 0.701. The van der Waals surface area contributed by atoms with Crippen molar-refractivity contribution in [2.75, 3.05) is 0 Å². The van der Waals surface area contributed by atoms with E-state index in [1.54, 1.807) is 6.08 Å². The fourth-order valence-electron chi connectivity index (χ4n) is 4.70. The van der Waals surface area contributed by atoms with Gasteiger partial charge in [-0.3, -0.25) is 9.78 Å². The number of aromatic nitrogens is 1. The molecule has 25 heavy (non-hydrogen) atoms. The first kappa shape index (κ1) is 17.7. The molecule has 132 valence electrons. The Hall–Kier alpha value is -2.16. The van der Waals surface area contributed by atoms with Crippen molar-refractivity contribution in [2.45, 2.75) is 51.4 Å². The minimum Gasteiger partial charge on any atom is -0.481 e. The summed E-state index contributed by atoms with van der Waals surface area (Å²) in [5, 5.41) is 11.1. The number of hydrogen-bond donors (Lipinski definition) is 1. The standard InChI is InChI=1S/C22H27NO2/c1-3-14-22(4-2,21(24)25)17-11-9-16(10-12-17)18-13-15-23-20-8-6-5-7-19(18)20/h3,5-8,13,15-17H,1,4,9-12,14H2,2H3,(H,24,25). The van der Waals surface area contributed by atoms with Crippen LogP contribution >= 0.6 is 0 Å². The Morgan fingerprint density at radius 3 is 2.64 bits per heavy atom. The van der Waals surface area contributed by atoms with Crippen molar-refractivity contribution in [1.82, 2.24) is 4.98 Å². The zero-order valence-electron chi connectivity index (χ0n) is 14.9. The number of carbonyl (C=O) groups is 1. The fourth-order valence-corrected chi connectivity index (χ4v) is 4.70. The number of benzene rings is 1. The van der Waals surface area contributed by atoms with Crippen molar-refractivity contribution in [3.63, 3.8) is 0 Å². The van der Waals surface area contributed by atoms with E-state index in [4.69, 9.17) is 0 Å². The van der Waals surface area contributed by atoms with Gasteiger partial charge in [0.1, 0.15) is 0 Å². The molecule has 1 heterocycles. The molecular weight excluding hydrogens is 310 g/mol. The molecule has 1 atom stereocenters. The minimum atomic E-state index is -0.660. The molecule has 0 radical (unpaired) electrons. The molecular formula is C22H27NO2. The number of rotatable bonds is 6. The topological polar surface area (TPSA) is 50.2 Å². The van der Waals surface area contributed by atoms with Crippen LogP contribution in [0.15, 0.2) is 49.2 Å². The summed E-state index contributed by atoms with van der Waals surface area (Å²) < 4.78 is 0. The molecule has 1 aliphatic carbocycles. The lowest BCUT2D eigenvalue weighted by Gasteiger charge is -2.40. The molecule has 1 aliphatic rings. The maximum Gasteiger partial charge on any atom is 0.310 e. The molecule has 1 aromatic carbocycles. The zero-order valence-corrected chi connectivity index (χ0v) is 14.9. The first-order chi connectivity index (χ1) is 12.1. The summed E-state index contributed by atoms with van der Waals surface area (Å²) >= 11 is 0. The Labute approximate surface area is 149 Å². The number of allylic oxidation sites excluding steroid dienone is 1. The maximum atomic E-state index is 12.0. The Morgan fingerprint density at radius 1 is 1.28 bits per heavy atom. The summed E-state index contributed by atoms with van der Waals surface area (Å²) in [5.41, 5.74) is 1.76. The van der Waals surface area contributed by atoms with Crippen LogP contribution in [0.5, 0.6) is 0 Å². The average molecular weight is 337 g/mol. The molecule has 3 heteroatoms. The third kappa shape index (κ3) is 3.20. The van der Waals surface area contributed by atoms with Gasteiger partial charge in [-0.1, -0.05) is 31.2 Å². The third-order valence-corrected chi connectivity index (χ3v) is 6.20. The van der Waals surface area contributed by atoms with Gasteiger partial charge in [-0.25, -0.2) is 0 Å². The highest BCUT2D eigenvalue weighted by Gasteiger charge is 2.44. The van der Waals surface area contributed by atoms with Crippen LogP contribution in [0, 0.1) is 11.3 Å². The van der Waals surface area contributed by atoms with E-state index in [2.05, 4.69) is 35.8 Å². The van der Waals surface area contributed by atoms with E-state index in [-0.39, 0.29) is 5.92 Å². The van der Waals surface area contributed by atoms with Crippen molar-refractivity contribution in [3.8, 4) is 0 Å². The summed E-state index contributed by atoms with van der Waals surface area (Å²) in [5.74, 6) is 0.0706. The molecule has 1 unspecified atom stereocenters. The van der Waals surface area contributed by atoms with Crippen molar-refractivity contribution in [2.24, 2.45) is 11.3 Å². The molecule has 0 aliphatic heterocycles. The molecule has 0 amide bonds. The van der Waals surface area contributed by atoms with Crippen LogP contribution in [0.25, 0.3) is 10.9 Å². The number of hydrogen-bond acceptors (Lipinski definition) is 2. The van der Waals surface area contributed by atoms with Gasteiger partial charge < -0.3 is 5.11 Å². The molecule has 1 aromatic heterocycles. The SMILES string of the molecule is C=CCC(CC)(C(=O)O)C1CCC(c2ccnc3ccccc23)CC1. The Balaban J connectivity index is 1.81. The summed E-state index contributed by atoms with van der Waals surface area (Å²) in [6, 6.07) is 10.4. The molecule has 1 fully saturated rings. The first-order valence-corrected chi connectivity index (χ1v) is 9.30. The van der Waals surface area contributed by atoms with E-state index < -0.39 is 11.4 Å². The van der Waals surface area contributed by atoms with Crippen molar-refractivity contribution >= 4 is 16.9 Å². The monoisotopic (exact) mass is 337 g/mol. The van der Waals surface area contributed by atoms with Crippen LogP contribution in [0.1, 0.15) is 56.9 Å². The predicted octanol–water partition coefficient (Wildman–Crippen LogP) is 5.57. The smallest absolute Gasteiger partial charge is 0.310 e. The second kappa shape index (κ2) is 7.38. The van der Waals surface area contributed by atoms with Crippen LogP contribution in [0.3, 0.4) is 0 Å². The number of fused-ring (bicyclic) bond motifs is 1. The van der Waals surface area contributed by atoms with E-state index >= 15 is 0 Å². The van der Waals surface area contributed by atoms with E-state index in [0.717, 1.165) is 31.2 Å². The summed E-state index contributed by atoms with van der Waals surface area (Å²) in [4.78, 5) is 16.5. The molecule has 1 N–H and O–H groups in total. The lowest BCUT2D eigenvalue weighted by atomic mass is 9.63. The number of carboxylic acids is 1. The normalized spacial score (nSPS) is 23.1. The highest BCUT2D eigenvalue weighted by atomic mass is 16.4. The average Bonchev–Trinajstić information content (AvgIpc) is 2.65. The molecule has 1 saturated carbocycles. The van der Waals surface area contributed by atoms with E-state index in [0.29, 0.717) is 18.8 Å². The molecule has 2 aromatic rings.